The van der Waals surface area contributed by atoms with Crippen LogP contribution >= 0.6 is 0 Å². The van der Waals surface area contributed by atoms with Gasteiger partial charge in [-0.15, -0.1) is 0 Å². The quantitative estimate of drug-likeness (QED) is 0.406. The van der Waals surface area contributed by atoms with Crippen molar-refractivity contribution in [1.82, 2.24) is 4.90 Å². The minimum Gasteiger partial charge on any atom is -0.449 e. The fourth-order valence-electron chi connectivity index (χ4n) is 2.89. The molecule has 0 aromatic carbocycles. The van der Waals surface area contributed by atoms with E-state index >= 15 is 0 Å². The van der Waals surface area contributed by atoms with Crippen LogP contribution in [0.1, 0.15) is 79.1 Å². The Kier molecular flexibility index (Phi) is 13.8. The van der Waals surface area contributed by atoms with Crippen LogP contribution in [0.5, 0.6) is 0 Å². The first kappa shape index (κ1) is 25.2. The molecule has 0 rings (SSSR count). The normalized spacial score (nSPS) is 14.0. The van der Waals surface area contributed by atoms with Gasteiger partial charge in [0.2, 0.25) is 0 Å². The maximum atomic E-state index is 12.5. The van der Waals surface area contributed by atoms with Crippen LogP contribution in [0.25, 0.3) is 0 Å². The summed E-state index contributed by atoms with van der Waals surface area (Å²) in [7, 11) is -4.11. The van der Waals surface area contributed by atoms with E-state index in [-0.39, 0.29) is 6.54 Å². The summed E-state index contributed by atoms with van der Waals surface area (Å²) >= 11 is 0. The van der Waals surface area contributed by atoms with Gasteiger partial charge in [0.05, 0.1) is 12.4 Å². The summed E-state index contributed by atoms with van der Waals surface area (Å²) in [4.78, 5) is 14.0. The van der Waals surface area contributed by atoms with E-state index in [0.717, 1.165) is 51.4 Å². The second-order valence-electron chi connectivity index (χ2n) is 7.14. The van der Waals surface area contributed by atoms with Gasteiger partial charge in [-0.25, -0.2) is 4.79 Å². The van der Waals surface area contributed by atoms with Crippen LogP contribution in [0, 0.1) is 11.8 Å². The van der Waals surface area contributed by atoms with E-state index in [1.54, 1.807) is 0 Å². The maximum Gasteiger partial charge on any atom is 0.409 e. The minimum atomic E-state index is -4.11. The largest absolute Gasteiger partial charge is 0.449 e. The third-order valence-electron chi connectivity index (χ3n) is 4.89. The van der Waals surface area contributed by atoms with E-state index in [1.807, 2.05) is 0 Å². The highest BCUT2D eigenvalue weighted by Crippen LogP contribution is 2.17. The van der Waals surface area contributed by atoms with Crippen molar-refractivity contribution in [2.75, 3.05) is 25.4 Å². The van der Waals surface area contributed by atoms with E-state index in [1.165, 1.54) is 4.90 Å². The molecule has 26 heavy (non-hydrogen) atoms. The van der Waals surface area contributed by atoms with Crippen LogP contribution in [0.2, 0.25) is 0 Å². The third-order valence-corrected chi connectivity index (χ3v) is 5.58. The molecule has 0 saturated carbocycles. The van der Waals surface area contributed by atoms with Crippen LogP contribution in [0.15, 0.2) is 0 Å². The van der Waals surface area contributed by atoms with E-state index < -0.39 is 22.0 Å². The first-order valence-corrected chi connectivity index (χ1v) is 11.7. The standard InChI is InChI=1S/C19H39NO5S/c1-5-9-11-17(7-3)15-20(13-14-26(22,23)24)19(21)25-16-18(8-4)12-10-6-2/h17-18H,5-16H2,1-4H3,(H,22,23,24)/t17-,18-/m1/s1. The number of carbonyl (C=O) groups is 1. The topological polar surface area (TPSA) is 83.9 Å². The van der Waals surface area contributed by atoms with Crippen molar-refractivity contribution in [2.24, 2.45) is 11.8 Å². The molecule has 0 aromatic heterocycles. The van der Waals surface area contributed by atoms with Crippen LogP contribution < -0.4 is 0 Å². The molecule has 1 amide bonds. The molecule has 2 atom stereocenters. The van der Waals surface area contributed by atoms with Gasteiger partial charge in [0.1, 0.15) is 0 Å². The molecule has 0 unspecified atom stereocenters. The summed E-state index contributed by atoms with van der Waals surface area (Å²) in [5.74, 6) is 0.189. The highest BCUT2D eigenvalue weighted by Gasteiger charge is 2.22. The van der Waals surface area contributed by atoms with Gasteiger partial charge in [0.15, 0.2) is 0 Å². The van der Waals surface area contributed by atoms with Gasteiger partial charge in [-0.3, -0.25) is 4.55 Å². The molecule has 0 spiro atoms. The minimum absolute atomic E-state index is 0.0357. The molecular weight excluding hydrogens is 354 g/mol. The Morgan fingerprint density at radius 3 is 2.00 bits per heavy atom. The number of hydrogen-bond donors (Lipinski definition) is 1. The van der Waals surface area contributed by atoms with Crippen molar-refractivity contribution >= 4 is 16.2 Å². The molecule has 7 heteroatoms. The predicted molar refractivity (Wildman–Crippen MR) is 106 cm³/mol. The highest BCUT2D eigenvalue weighted by molar-refractivity contribution is 7.85. The Morgan fingerprint density at radius 1 is 1.00 bits per heavy atom. The fraction of sp³-hybridized carbons (Fsp3) is 0.947. The molecule has 0 aliphatic rings. The molecule has 156 valence electrons. The Labute approximate surface area is 160 Å². The number of hydrogen-bond acceptors (Lipinski definition) is 4. The zero-order valence-electron chi connectivity index (χ0n) is 17.1. The van der Waals surface area contributed by atoms with Crippen molar-refractivity contribution in [3.8, 4) is 0 Å². The van der Waals surface area contributed by atoms with Gasteiger partial charge in [-0.2, -0.15) is 8.42 Å². The molecule has 0 radical (unpaired) electrons. The van der Waals surface area contributed by atoms with E-state index in [9.17, 15) is 13.2 Å². The fourth-order valence-corrected chi connectivity index (χ4v) is 3.34. The summed E-state index contributed by atoms with van der Waals surface area (Å²) in [6, 6.07) is 0. The predicted octanol–water partition coefficient (Wildman–Crippen LogP) is 4.75. The Balaban J connectivity index is 4.80. The van der Waals surface area contributed by atoms with E-state index in [2.05, 4.69) is 27.7 Å². The number of unbranched alkanes of at least 4 members (excludes halogenated alkanes) is 2. The van der Waals surface area contributed by atoms with Gasteiger partial charge < -0.3 is 9.64 Å². The molecular formula is C19H39NO5S. The zero-order chi connectivity index (χ0) is 20.0. The molecule has 0 aliphatic carbocycles. The Bertz CT molecular complexity index is 467. The van der Waals surface area contributed by atoms with Gasteiger partial charge in [0.25, 0.3) is 10.1 Å². The molecule has 0 heterocycles. The molecule has 6 nitrogen and oxygen atoms in total. The second-order valence-corrected chi connectivity index (χ2v) is 8.71. The summed E-state index contributed by atoms with van der Waals surface area (Å²) < 4.78 is 36.7. The number of carbonyl (C=O) groups excluding carboxylic acids is 1. The summed E-state index contributed by atoms with van der Waals surface area (Å²) in [6.45, 7) is 9.22. The van der Waals surface area contributed by atoms with Gasteiger partial charge in [-0.1, -0.05) is 66.2 Å². The van der Waals surface area contributed by atoms with Crippen molar-refractivity contribution < 1.29 is 22.5 Å². The maximum absolute atomic E-state index is 12.5. The zero-order valence-corrected chi connectivity index (χ0v) is 17.9. The lowest BCUT2D eigenvalue weighted by Crippen LogP contribution is -2.39. The van der Waals surface area contributed by atoms with Crippen molar-refractivity contribution in [1.29, 1.82) is 0 Å². The van der Waals surface area contributed by atoms with Crippen LogP contribution in [0.4, 0.5) is 4.79 Å². The molecule has 1 N–H and O–H groups in total. The van der Waals surface area contributed by atoms with Crippen LogP contribution in [-0.2, 0) is 14.9 Å². The third kappa shape index (κ3) is 12.5. The van der Waals surface area contributed by atoms with E-state index in [0.29, 0.717) is 25.0 Å². The molecule has 0 aliphatic heterocycles. The van der Waals surface area contributed by atoms with E-state index in [4.69, 9.17) is 9.29 Å². The molecule has 0 fully saturated rings. The Morgan fingerprint density at radius 2 is 1.54 bits per heavy atom. The van der Waals surface area contributed by atoms with Crippen molar-refractivity contribution in [3.63, 3.8) is 0 Å². The lowest BCUT2D eigenvalue weighted by atomic mass is 9.99. The molecule has 0 aromatic rings. The number of nitrogens with zero attached hydrogens (tertiary/aromatic N) is 1. The lowest BCUT2D eigenvalue weighted by Gasteiger charge is -2.27. The summed E-state index contributed by atoms with van der Waals surface area (Å²) in [5.41, 5.74) is 0. The number of amides is 1. The average molecular weight is 394 g/mol. The number of ether oxygens (including phenoxy) is 1. The highest BCUT2D eigenvalue weighted by atomic mass is 32.2. The molecule has 0 bridgehead atoms. The van der Waals surface area contributed by atoms with Gasteiger partial charge in [-0.05, 0) is 24.7 Å². The summed E-state index contributed by atoms with van der Waals surface area (Å²) in [5, 5.41) is 0. The monoisotopic (exact) mass is 393 g/mol. The van der Waals surface area contributed by atoms with Crippen LogP contribution in [0.3, 0.4) is 0 Å². The lowest BCUT2D eigenvalue weighted by molar-refractivity contribution is 0.0805. The Hall–Kier alpha value is -0.820. The van der Waals surface area contributed by atoms with Crippen molar-refractivity contribution in [2.45, 2.75) is 79.1 Å². The van der Waals surface area contributed by atoms with Gasteiger partial charge in [0, 0.05) is 13.1 Å². The average Bonchev–Trinajstić information content (AvgIpc) is 2.60. The first-order chi connectivity index (χ1) is 12.3. The molecule has 0 saturated heterocycles. The first-order valence-electron chi connectivity index (χ1n) is 10.1. The van der Waals surface area contributed by atoms with Crippen molar-refractivity contribution in [3.05, 3.63) is 0 Å². The number of rotatable bonds is 15. The SMILES string of the molecule is CCCC[C@@H](CC)COC(=O)N(CCS(=O)(=O)O)C[C@H](CC)CCCC. The van der Waals surface area contributed by atoms with Crippen LogP contribution in [-0.4, -0.2) is 49.4 Å². The smallest absolute Gasteiger partial charge is 0.409 e. The van der Waals surface area contributed by atoms with Gasteiger partial charge >= 0.3 is 6.09 Å². The summed E-state index contributed by atoms with van der Waals surface area (Å²) in [6.07, 6.45) is 7.80. The second kappa shape index (κ2) is 14.3.